The van der Waals surface area contributed by atoms with E-state index in [2.05, 4.69) is 42.3 Å². The first-order valence-corrected chi connectivity index (χ1v) is 9.12. The first-order chi connectivity index (χ1) is 12.8. The van der Waals surface area contributed by atoms with Gasteiger partial charge in [0, 0.05) is 37.4 Å². The lowest BCUT2D eigenvalue weighted by molar-refractivity contribution is 0.198. The molecule has 26 heavy (non-hydrogen) atoms. The summed E-state index contributed by atoms with van der Waals surface area (Å²) in [7, 11) is 0. The minimum Gasteiger partial charge on any atom is -0.347 e. The van der Waals surface area contributed by atoms with Crippen LogP contribution in [0.3, 0.4) is 0 Å². The Morgan fingerprint density at radius 1 is 1.27 bits per heavy atom. The molecular weight excluding hydrogens is 324 g/mol. The Hall–Kier alpha value is -2.73. The molecule has 1 aliphatic heterocycles. The van der Waals surface area contributed by atoms with Crippen LogP contribution in [0.4, 0.5) is 11.6 Å². The van der Waals surface area contributed by atoms with Gasteiger partial charge >= 0.3 is 0 Å². The van der Waals surface area contributed by atoms with Crippen LogP contribution in [0.2, 0.25) is 0 Å². The van der Waals surface area contributed by atoms with Crippen LogP contribution < -0.4 is 5.32 Å². The van der Waals surface area contributed by atoms with E-state index in [4.69, 9.17) is 0 Å². The van der Waals surface area contributed by atoms with Crippen LogP contribution in [0.1, 0.15) is 35.6 Å². The normalized spacial score (nSPS) is 18.0. The molecule has 0 bridgehead atoms. The van der Waals surface area contributed by atoms with Crippen molar-refractivity contribution in [2.24, 2.45) is 0 Å². The first kappa shape index (κ1) is 16.7. The molecule has 134 valence electrons. The van der Waals surface area contributed by atoms with Crippen LogP contribution in [0, 0.1) is 6.92 Å². The molecule has 0 radical (unpaired) electrons. The van der Waals surface area contributed by atoms with Gasteiger partial charge in [-0.05, 0) is 61.6 Å². The van der Waals surface area contributed by atoms with Crippen LogP contribution in [-0.2, 0) is 6.54 Å². The van der Waals surface area contributed by atoms with E-state index in [0.29, 0.717) is 5.92 Å². The molecule has 3 aromatic rings. The van der Waals surface area contributed by atoms with E-state index < -0.39 is 0 Å². The van der Waals surface area contributed by atoms with Crippen LogP contribution >= 0.6 is 0 Å². The van der Waals surface area contributed by atoms with Gasteiger partial charge in [0.25, 0.3) is 0 Å². The number of nitrogens with one attached hydrogen (secondary N) is 2. The van der Waals surface area contributed by atoms with Crippen LogP contribution in [-0.4, -0.2) is 37.9 Å². The molecule has 0 aliphatic carbocycles. The third-order valence-electron chi connectivity index (χ3n) is 4.97. The molecular formula is C20H24N6. The average molecular weight is 348 g/mol. The summed E-state index contributed by atoms with van der Waals surface area (Å²) in [5.41, 5.74) is 3.63. The topological polar surface area (TPSA) is 69.7 Å². The molecule has 0 spiro atoms. The Morgan fingerprint density at radius 3 is 3.08 bits per heavy atom. The Balaban J connectivity index is 1.46. The number of aryl methyl sites for hydroxylation is 1. The van der Waals surface area contributed by atoms with Gasteiger partial charge in [-0.3, -0.25) is 4.90 Å². The molecule has 0 saturated carbocycles. The van der Waals surface area contributed by atoms with Crippen LogP contribution in [0.5, 0.6) is 0 Å². The van der Waals surface area contributed by atoms with Gasteiger partial charge in [-0.2, -0.15) is 0 Å². The smallest absolute Gasteiger partial charge is 0.134 e. The van der Waals surface area contributed by atoms with Crippen molar-refractivity contribution in [3.63, 3.8) is 0 Å². The molecule has 3 aromatic heterocycles. The molecule has 1 fully saturated rings. The van der Waals surface area contributed by atoms with Gasteiger partial charge in [-0.1, -0.05) is 6.07 Å². The van der Waals surface area contributed by atoms with Gasteiger partial charge in [0.2, 0.25) is 0 Å². The highest BCUT2D eigenvalue weighted by atomic mass is 15.1. The molecule has 6 nitrogen and oxygen atoms in total. The number of aromatic amines is 1. The van der Waals surface area contributed by atoms with Crippen LogP contribution in [0.25, 0.3) is 0 Å². The first-order valence-electron chi connectivity index (χ1n) is 9.12. The summed E-state index contributed by atoms with van der Waals surface area (Å²) < 4.78 is 0. The Morgan fingerprint density at radius 2 is 2.23 bits per heavy atom. The highest BCUT2D eigenvalue weighted by Crippen LogP contribution is 2.29. The molecule has 0 unspecified atom stereocenters. The Labute approximate surface area is 153 Å². The SMILES string of the molecule is Cc1cccnc1Nc1cc([C@@H]2CCCN(Cc3cnc[nH]3)C2)ccn1. The fraction of sp³-hybridized carbons (Fsp3) is 0.350. The van der Waals surface area contributed by atoms with Crippen molar-refractivity contribution < 1.29 is 0 Å². The quantitative estimate of drug-likeness (QED) is 0.737. The van der Waals surface area contributed by atoms with Gasteiger partial charge in [0.05, 0.1) is 6.33 Å². The minimum atomic E-state index is 0.528. The number of rotatable bonds is 5. The van der Waals surface area contributed by atoms with Crippen molar-refractivity contribution >= 4 is 11.6 Å². The lowest BCUT2D eigenvalue weighted by Gasteiger charge is -2.32. The summed E-state index contributed by atoms with van der Waals surface area (Å²) in [5.74, 6) is 2.25. The molecule has 2 N–H and O–H groups in total. The zero-order valence-electron chi connectivity index (χ0n) is 15.0. The maximum Gasteiger partial charge on any atom is 0.134 e. The van der Waals surface area contributed by atoms with E-state index in [1.807, 2.05) is 31.5 Å². The molecule has 6 heteroatoms. The highest BCUT2D eigenvalue weighted by molar-refractivity contribution is 5.56. The number of piperidine rings is 1. The predicted molar refractivity (Wildman–Crippen MR) is 102 cm³/mol. The summed E-state index contributed by atoms with van der Waals surface area (Å²) in [4.78, 5) is 18.7. The number of likely N-dealkylation sites (tertiary alicyclic amines) is 1. The summed E-state index contributed by atoms with van der Waals surface area (Å²) >= 11 is 0. The van der Waals surface area contributed by atoms with Gasteiger partial charge in [-0.25, -0.2) is 15.0 Å². The van der Waals surface area contributed by atoms with Gasteiger partial charge < -0.3 is 10.3 Å². The van der Waals surface area contributed by atoms with E-state index in [1.165, 1.54) is 24.1 Å². The zero-order chi connectivity index (χ0) is 17.8. The largest absolute Gasteiger partial charge is 0.347 e. The standard InChI is InChI=1S/C20H24N6/c1-15-4-2-7-23-20(15)25-19-10-16(6-8-22-19)17-5-3-9-26(12-17)13-18-11-21-14-24-18/h2,4,6-8,10-11,14,17H,3,5,9,12-13H2,1H3,(H,21,24)(H,22,23,25)/t17-/m1/s1. The molecule has 1 saturated heterocycles. The third kappa shape index (κ3) is 3.91. The van der Waals surface area contributed by atoms with Crippen LogP contribution in [0.15, 0.2) is 49.2 Å². The summed E-state index contributed by atoms with van der Waals surface area (Å²) in [6, 6.07) is 8.30. The number of aromatic nitrogens is 4. The number of pyridine rings is 2. The lowest BCUT2D eigenvalue weighted by Crippen LogP contribution is -2.34. The number of hydrogen-bond acceptors (Lipinski definition) is 5. The van der Waals surface area contributed by atoms with Crippen molar-refractivity contribution in [1.29, 1.82) is 0 Å². The van der Waals surface area contributed by atoms with E-state index in [0.717, 1.165) is 36.8 Å². The molecule has 1 aliphatic rings. The Kier molecular flexibility index (Phi) is 4.93. The minimum absolute atomic E-state index is 0.528. The van der Waals surface area contributed by atoms with E-state index >= 15 is 0 Å². The molecule has 0 amide bonds. The second-order valence-corrected chi connectivity index (χ2v) is 6.92. The molecule has 4 rings (SSSR count). The Bertz CT molecular complexity index is 845. The van der Waals surface area contributed by atoms with Gasteiger partial charge in [0.15, 0.2) is 0 Å². The number of hydrogen-bond donors (Lipinski definition) is 2. The molecule has 4 heterocycles. The van der Waals surface area contributed by atoms with Gasteiger partial charge in [0.1, 0.15) is 11.6 Å². The molecule has 1 atom stereocenters. The average Bonchev–Trinajstić information content (AvgIpc) is 3.17. The number of anilines is 2. The lowest BCUT2D eigenvalue weighted by atomic mass is 9.91. The second kappa shape index (κ2) is 7.66. The summed E-state index contributed by atoms with van der Waals surface area (Å²) in [6.45, 7) is 5.18. The number of nitrogens with zero attached hydrogens (tertiary/aromatic N) is 4. The monoisotopic (exact) mass is 348 g/mol. The fourth-order valence-corrected chi connectivity index (χ4v) is 3.59. The van der Waals surface area contributed by atoms with E-state index in [9.17, 15) is 0 Å². The van der Waals surface area contributed by atoms with Gasteiger partial charge in [-0.15, -0.1) is 0 Å². The zero-order valence-corrected chi connectivity index (χ0v) is 15.0. The van der Waals surface area contributed by atoms with E-state index in [-0.39, 0.29) is 0 Å². The van der Waals surface area contributed by atoms with Crippen molar-refractivity contribution in [1.82, 2.24) is 24.8 Å². The second-order valence-electron chi connectivity index (χ2n) is 6.92. The maximum atomic E-state index is 4.47. The van der Waals surface area contributed by atoms with E-state index in [1.54, 1.807) is 12.5 Å². The molecule has 0 aromatic carbocycles. The fourth-order valence-electron chi connectivity index (χ4n) is 3.59. The number of H-pyrrole nitrogens is 1. The maximum absolute atomic E-state index is 4.47. The highest BCUT2D eigenvalue weighted by Gasteiger charge is 2.22. The summed E-state index contributed by atoms with van der Waals surface area (Å²) in [5, 5.41) is 3.35. The summed E-state index contributed by atoms with van der Waals surface area (Å²) in [6.07, 6.45) is 9.77. The van der Waals surface area contributed by atoms with Crippen molar-refractivity contribution in [2.75, 3.05) is 18.4 Å². The van der Waals surface area contributed by atoms with Crippen molar-refractivity contribution in [2.45, 2.75) is 32.2 Å². The number of imidazole rings is 1. The van der Waals surface area contributed by atoms with Crippen molar-refractivity contribution in [3.05, 3.63) is 66.0 Å². The predicted octanol–water partition coefficient (Wildman–Crippen LogP) is 3.63. The van der Waals surface area contributed by atoms with Crippen molar-refractivity contribution in [3.8, 4) is 0 Å². The third-order valence-corrected chi connectivity index (χ3v) is 4.97.